The van der Waals surface area contributed by atoms with Gasteiger partial charge in [0.15, 0.2) is 0 Å². The number of anilines is 2. The summed E-state index contributed by atoms with van der Waals surface area (Å²) in [6, 6.07) is 32.9. The van der Waals surface area contributed by atoms with E-state index in [1.807, 2.05) is 135 Å². The van der Waals surface area contributed by atoms with Crippen molar-refractivity contribution in [2.24, 2.45) is 0 Å². The Bertz CT molecular complexity index is 1900. The van der Waals surface area contributed by atoms with Crippen LogP contribution in [0.25, 0.3) is 0 Å². The van der Waals surface area contributed by atoms with Gasteiger partial charge in [-0.3, -0.25) is 14.8 Å². The zero-order chi connectivity index (χ0) is 41.3. The van der Waals surface area contributed by atoms with Crippen molar-refractivity contribution in [3.05, 3.63) is 138 Å². The molecule has 2 amide bonds. The average Bonchev–Trinajstić information content (AvgIpc) is 3.24. The van der Waals surface area contributed by atoms with E-state index in [-0.39, 0.29) is 26.4 Å². The number of pyridine rings is 1. The number of methoxy groups -OCH3 is 2. The molecule has 58 heavy (non-hydrogen) atoms. The van der Waals surface area contributed by atoms with E-state index >= 15 is 0 Å². The normalized spacial score (nSPS) is 10.6. The first-order chi connectivity index (χ1) is 28.1. The maximum Gasteiger partial charge on any atom is 0.410 e. The van der Waals surface area contributed by atoms with Gasteiger partial charge in [-0.05, 0) is 70.8 Å². The number of nitrogens with zero attached hydrogens (tertiary/aromatic N) is 5. The number of ether oxygens (including phenoxy) is 6. The van der Waals surface area contributed by atoms with Crippen LogP contribution in [-0.4, -0.2) is 95.8 Å². The summed E-state index contributed by atoms with van der Waals surface area (Å²) in [7, 11) is 11.2. The molecule has 0 atom stereocenters. The number of rotatable bonds is 20. The van der Waals surface area contributed by atoms with Crippen LogP contribution in [0.4, 0.5) is 21.0 Å². The third kappa shape index (κ3) is 13.2. The third-order valence-corrected chi connectivity index (χ3v) is 9.03. The number of benzene rings is 4. The van der Waals surface area contributed by atoms with Gasteiger partial charge in [-0.15, -0.1) is 0 Å². The first-order valence-electron chi connectivity index (χ1n) is 18.9. The number of aromatic nitrogens is 1. The van der Waals surface area contributed by atoms with E-state index < -0.39 is 12.2 Å². The number of hydrogen-bond acceptors (Lipinski definition) is 11. The van der Waals surface area contributed by atoms with Gasteiger partial charge < -0.3 is 38.2 Å². The first kappa shape index (κ1) is 42.5. The molecule has 0 saturated heterocycles. The standard InChI is InChI=1S/C45H53N5O8/c1-47(2)38-17-13-34(14-18-38)30-49(32-36-9-7-11-40(25-36)53-5)44(51)57-23-21-55-42-27-43(29-46-28-42)56-22-24-58-45(52)50(33-37-10-8-12-41(26-37)54-6)31-35-15-19-39(20-16-35)48(3)4/h7-20,25-29H,21-24,30-33H2,1-6H3. The fourth-order valence-electron chi connectivity index (χ4n) is 5.91. The maximum atomic E-state index is 13.4. The summed E-state index contributed by atoms with van der Waals surface area (Å²) >= 11 is 0. The lowest BCUT2D eigenvalue weighted by Crippen LogP contribution is -2.31. The average molecular weight is 792 g/mol. The second-order valence-electron chi connectivity index (χ2n) is 13.8. The van der Waals surface area contributed by atoms with Crippen LogP contribution >= 0.6 is 0 Å². The zero-order valence-electron chi connectivity index (χ0n) is 34.1. The molecule has 0 N–H and O–H groups in total. The molecule has 1 heterocycles. The van der Waals surface area contributed by atoms with Crippen molar-refractivity contribution in [3.63, 3.8) is 0 Å². The molecule has 4 aromatic carbocycles. The fourth-order valence-corrected chi connectivity index (χ4v) is 5.91. The van der Waals surface area contributed by atoms with E-state index in [4.69, 9.17) is 28.4 Å². The molecule has 0 unspecified atom stereocenters. The van der Waals surface area contributed by atoms with E-state index in [1.165, 1.54) is 0 Å². The van der Waals surface area contributed by atoms with Crippen molar-refractivity contribution in [2.45, 2.75) is 26.2 Å². The second-order valence-corrected chi connectivity index (χ2v) is 13.8. The van der Waals surface area contributed by atoms with Crippen LogP contribution in [0, 0.1) is 0 Å². The fraction of sp³-hybridized carbons (Fsp3) is 0.311. The van der Waals surface area contributed by atoms with Crippen molar-refractivity contribution < 1.29 is 38.0 Å². The van der Waals surface area contributed by atoms with Gasteiger partial charge >= 0.3 is 12.2 Å². The smallest absolute Gasteiger partial charge is 0.410 e. The van der Waals surface area contributed by atoms with E-state index in [0.29, 0.717) is 49.2 Å². The van der Waals surface area contributed by atoms with Gasteiger partial charge in [0.25, 0.3) is 0 Å². The molecule has 306 valence electrons. The van der Waals surface area contributed by atoms with Gasteiger partial charge in [-0.1, -0.05) is 48.5 Å². The van der Waals surface area contributed by atoms with Crippen LogP contribution in [-0.2, 0) is 35.7 Å². The number of hydrogen-bond donors (Lipinski definition) is 0. The Hall–Kier alpha value is -6.63. The van der Waals surface area contributed by atoms with E-state index in [9.17, 15) is 9.59 Å². The summed E-state index contributed by atoms with van der Waals surface area (Å²) in [4.78, 5) is 38.3. The molecular weight excluding hydrogens is 739 g/mol. The summed E-state index contributed by atoms with van der Waals surface area (Å²) in [6.45, 7) is 1.59. The van der Waals surface area contributed by atoms with Gasteiger partial charge in [0.1, 0.15) is 49.4 Å². The van der Waals surface area contributed by atoms with Crippen LogP contribution in [0.3, 0.4) is 0 Å². The summed E-state index contributed by atoms with van der Waals surface area (Å²) < 4.78 is 33.7. The molecule has 1 aromatic heterocycles. The van der Waals surface area contributed by atoms with Crippen LogP contribution in [0.15, 0.2) is 116 Å². The van der Waals surface area contributed by atoms with Crippen molar-refractivity contribution in [1.29, 1.82) is 0 Å². The Morgan fingerprint density at radius 2 is 0.879 bits per heavy atom. The Labute approximate surface area is 341 Å². The Kier molecular flexibility index (Phi) is 15.8. The minimum Gasteiger partial charge on any atom is -0.497 e. The molecule has 0 aliphatic heterocycles. The van der Waals surface area contributed by atoms with Gasteiger partial charge in [0, 0.05) is 71.8 Å². The summed E-state index contributed by atoms with van der Waals surface area (Å²) in [6.07, 6.45) is 2.14. The van der Waals surface area contributed by atoms with Gasteiger partial charge in [-0.25, -0.2) is 9.59 Å². The monoisotopic (exact) mass is 791 g/mol. The second kappa shape index (κ2) is 21.6. The van der Waals surface area contributed by atoms with Crippen molar-refractivity contribution in [2.75, 3.05) is 78.6 Å². The van der Waals surface area contributed by atoms with Crippen molar-refractivity contribution in [1.82, 2.24) is 14.8 Å². The Balaban J connectivity index is 1.11. The van der Waals surface area contributed by atoms with Crippen LogP contribution < -0.4 is 28.7 Å². The predicted octanol–water partition coefficient (Wildman–Crippen LogP) is 7.67. The van der Waals surface area contributed by atoms with Crippen LogP contribution in [0.2, 0.25) is 0 Å². The van der Waals surface area contributed by atoms with Crippen LogP contribution in [0.5, 0.6) is 23.0 Å². The molecule has 5 aromatic rings. The molecule has 0 bridgehead atoms. The lowest BCUT2D eigenvalue weighted by molar-refractivity contribution is 0.0828. The van der Waals surface area contributed by atoms with E-state index in [0.717, 1.165) is 33.6 Å². The number of carbonyl (C=O) groups is 2. The number of carbonyl (C=O) groups excluding carboxylic acids is 2. The highest BCUT2D eigenvalue weighted by Gasteiger charge is 2.19. The predicted molar refractivity (Wildman–Crippen MR) is 224 cm³/mol. The minimum atomic E-state index is -0.475. The molecule has 13 nitrogen and oxygen atoms in total. The lowest BCUT2D eigenvalue weighted by atomic mass is 10.1. The highest BCUT2D eigenvalue weighted by atomic mass is 16.6. The van der Waals surface area contributed by atoms with Gasteiger partial charge in [0.2, 0.25) is 0 Å². The zero-order valence-corrected chi connectivity index (χ0v) is 34.1. The molecule has 0 radical (unpaired) electrons. The lowest BCUT2D eigenvalue weighted by Gasteiger charge is -2.23. The van der Waals surface area contributed by atoms with E-state index in [2.05, 4.69) is 4.98 Å². The minimum absolute atomic E-state index is 0.0140. The molecule has 0 saturated carbocycles. The quantitative estimate of drug-likeness (QED) is 0.0724. The summed E-state index contributed by atoms with van der Waals surface area (Å²) in [5, 5.41) is 0. The topological polar surface area (TPSA) is 115 Å². The maximum absolute atomic E-state index is 13.4. The summed E-state index contributed by atoms with van der Waals surface area (Å²) in [5.74, 6) is 2.29. The Morgan fingerprint density at radius 1 is 0.483 bits per heavy atom. The highest BCUT2D eigenvalue weighted by molar-refractivity contribution is 5.68. The summed E-state index contributed by atoms with van der Waals surface area (Å²) in [5.41, 5.74) is 5.89. The highest BCUT2D eigenvalue weighted by Crippen LogP contribution is 2.22. The van der Waals surface area contributed by atoms with Gasteiger partial charge in [-0.2, -0.15) is 0 Å². The van der Waals surface area contributed by atoms with Gasteiger partial charge in [0.05, 0.1) is 26.6 Å². The SMILES string of the molecule is COc1cccc(CN(Cc2ccc(N(C)C)cc2)C(=O)OCCOc2cncc(OCCOC(=O)N(Cc3ccc(N(C)C)cc3)Cc3cccc(OC)c3)c2)c1. The molecule has 5 rings (SSSR count). The molecule has 0 aliphatic carbocycles. The molecule has 0 aliphatic rings. The molecular formula is C45H53N5O8. The Morgan fingerprint density at radius 3 is 1.26 bits per heavy atom. The first-order valence-corrected chi connectivity index (χ1v) is 18.9. The van der Waals surface area contributed by atoms with E-state index in [1.54, 1.807) is 42.5 Å². The van der Waals surface area contributed by atoms with Crippen LogP contribution in [0.1, 0.15) is 22.3 Å². The largest absolute Gasteiger partial charge is 0.497 e. The molecule has 13 heteroatoms. The van der Waals surface area contributed by atoms with Crippen molar-refractivity contribution in [3.8, 4) is 23.0 Å². The third-order valence-electron chi connectivity index (χ3n) is 9.03. The molecule has 0 fully saturated rings. The molecule has 0 spiro atoms. The number of amides is 2. The van der Waals surface area contributed by atoms with Crippen molar-refractivity contribution >= 4 is 23.6 Å².